The highest BCUT2D eigenvalue weighted by molar-refractivity contribution is 6.33. The number of carbonyl (C=O) groups is 2. The molecular weight excluding hydrogens is 470 g/mol. The number of nitrogens with one attached hydrogen (secondary N) is 1. The van der Waals surface area contributed by atoms with Crippen LogP contribution in [-0.4, -0.2) is 23.7 Å². The predicted molar refractivity (Wildman–Crippen MR) is 135 cm³/mol. The third kappa shape index (κ3) is 7.59. The molecule has 35 heavy (non-hydrogen) atoms. The molecule has 0 aliphatic rings. The second kappa shape index (κ2) is 11.4. The van der Waals surface area contributed by atoms with Gasteiger partial charge in [-0.2, -0.15) is 0 Å². The van der Waals surface area contributed by atoms with E-state index in [1.807, 2.05) is 30.3 Å². The molecule has 0 bridgehead atoms. The third-order valence-electron chi connectivity index (χ3n) is 5.15. The maximum atomic E-state index is 13.1. The topological polar surface area (TPSA) is 94.8 Å². The van der Waals surface area contributed by atoms with Crippen molar-refractivity contribution in [1.29, 1.82) is 0 Å². The standard InChI is InChI=1S/C27H30ClNO6/c1-5-6-12-18-14-24(30)33-22-16-23(20(28)15-19(18)22)34-25(31)21(13-17-10-8-7-9-11-17)29-26(32)35-27(2,3)4/h7-11,14-16,21H,5-6,12-13H2,1-4H3,(H,29,32)/t21-/m0/s1. The molecule has 0 aliphatic carbocycles. The van der Waals surface area contributed by atoms with E-state index in [-0.39, 0.29) is 22.8 Å². The zero-order valence-corrected chi connectivity index (χ0v) is 21.1. The Morgan fingerprint density at radius 1 is 1.11 bits per heavy atom. The first-order chi connectivity index (χ1) is 16.6. The van der Waals surface area contributed by atoms with Crippen molar-refractivity contribution in [3.05, 3.63) is 75.1 Å². The zero-order chi connectivity index (χ0) is 25.6. The summed E-state index contributed by atoms with van der Waals surface area (Å²) in [5.74, 6) is -0.700. The number of ether oxygens (including phenoxy) is 2. The van der Waals surface area contributed by atoms with Crippen LogP contribution in [0, 0.1) is 0 Å². The fraction of sp³-hybridized carbons (Fsp3) is 0.370. The summed E-state index contributed by atoms with van der Waals surface area (Å²) in [6.45, 7) is 7.26. The molecule has 186 valence electrons. The van der Waals surface area contributed by atoms with E-state index in [0.717, 1.165) is 24.0 Å². The maximum absolute atomic E-state index is 13.1. The number of unbranched alkanes of at least 4 members (excludes halogenated alkanes) is 1. The van der Waals surface area contributed by atoms with Crippen molar-refractivity contribution in [3.8, 4) is 5.75 Å². The first-order valence-corrected chi connectivity index (χ1v) is 11.9. The third-order valence-corrected chi connectivity index (χ3v) is 5.45. The van der Waals surface area contributed by atoms with E-state index in [9.17, 15) is 14.4 Å². The lowest BCUT2D eigenvalue weighted by Gasteiger charge is -2.23. The molecule has 1 N–H and O–H groups in total. The summed E-state index contributed by atoms with van der Waals surface area (Å²) in [5.41, 5.74) is 0.695. The molecule has 0 saturated heterocycles. The van der Waals surface area contributed by atoms with Crippen LogP contribution in [-0.2, 0) is 22.4 Å². The molecule has 2 aromatic carbocycles. The van der Waals surface area contributed by atoms with Crippen LogP contribution in [0.4, 0.5) is 4.79 Å². The Bertz CT molecular complexity index is 1250. The number of amides is 1. The van der Waals surface area contributed by atoms with Crippen LogP contribution in [0.1, 0.15) is 51.7 Å². The highest BCUT2D eigenvalue weighted by Gasteiger charge is 2.27. The second-order valence-corrected chi connectivity index (χ2v) is 9.69. The van der Waals surface area contributed by atoms with Crippen LogP contribution in [0.25, 0.3) is 11.0 Å². The number of hydrogen-bond donors (Lipinski definition) is 1. The number of hydrogen-bond acceptors (Lipinski definition) is 6. The van der Waals surface area contributed by atoms with E-state index in [1.54, 1.807) is 26.8 Å². The van der Waals surface area contributed by atoms with Gasteiger partial charge in [-0.05, 0) is 50.8 Å². The molecule has 1 amide bonds. The molecule has 1 aromatic heterocycles. The summed E-state index contributed by atoms with van der Waals surface area (Å²) in [6.07, 6.45) is 2.02. The Kier molecular flexibility index (Phi) is 8.57. The molecule has 1 heterocycles. The summed E-state index contributed by atoms with van der Waals surface area (Å²) in [6, 6.07) is 12.7. The fourth-order valence-electron chi connectivity index (χ4n) is 3.55. The Morgan fingerprint density at radius 2 is 1.83 bits per heavy atom. The van der Waals surface area contributed by atoms with Crippen molar-refractivity contribution in [2.24, 2.45) is 0 Å². The predicted octanol–water partition coefficient (Wildman–Crippen LogP) is 5.83. The number of esters is 1. The molecule has 0 spiro atoms. The van der Waals surface area contributed by atoms with Gasteiger partial charge in [0, 0.05) is 23.9 Å². The fourth-order valence-corrected chi connectivity index (χ4v) is 3.75. The zero-order valence-electron chi connectivity index (χ0n) is 20.4. The van der Waals surface area contributed by atoms with Gasteiger partial charge in [-0.15, -0.1) is 0 Å². The average Bonchev–Trinajstić information content (AvgIpc) is 2.77. The van der Waals surface area contributed by atoms with Gasteiger partial charge >= 0.3 is 17.7 Å². The number of alkyl carbamates (subject to hydrolysis) is 1. The van der Waals surface area contributed by atoms with E-state index in [1.165, 1.54) is 12.1 Å². The minimum Gasteiger partial charge on any atom is -0.444 e. The van der Waals surface area contributed by atoms with E-state index >= 15 is 0 Å². The van der Waals surface area contributed by atoms with Crippen LogP contribution in [0.5, 0.6) is 5.75 Å². The van der Waals surface area contributed by atoms with Gasteiger partial charge in [0.05, 0.1) is 5.02 Å². The van der Waals surface area contributed by atoms with Gasteiger partial charge in [0.25, 0.3) is 0 Å². The van der Waals surface area contributed by atoms with E-state index in [4.69, 9.17) is 25.5 Å². The van der Waals surface area contributed by atoms with Gasteiger partial charge in [0.2, 0.25) is 0 Å². The lowest BCUT2D eigenvalue weighted by atomic mass is 10.0. The van der Waals surface area contributed by atoms with Crippen molar-refractivity contribution in [3.63, 3.8) is 0 Å². The highest BCUT2D eigenvalue weighted by Crippen LogP contribution is 2.32. The maximum Gasteiger partial charge on any atom is 0.408 e. The van der Waals surface area contributed by atoms with Crippen molar-refractivity contribution in [2.75, 3.05) is 0 Å². The van der Waals surface area contributed by atoms with Gasteiger partial charge in [-0.25, -0.2) is 14.4 Å². The van der Waals surface area contributed by atoms with Crippen molar-refractivity contribution >= 4 is 34.6 Å². The number of benzene rings is 2. The number of aryl methyl sites for hydroxylation is 1. The van der Waals surface area contributed by atoms with Crippen LogP contribution in [0.2, 0.25) is 5.02 Å². The molecule has 1 atom stereocenters. The number of carbonyl (C=O) groups excluding carboxylic acids is 2. The molecule has 0 aliphatic heterocycles. The lowest BCUT2D eigenvalue weighted by molar-refractivity contribution is -0.136. The van der Waals surface area contributed by atoms with Crippen molar-refractivity contribution in [1.82, 2.24) is 5.32 Å². The Hall–Kier alpha value is -3.32. The van der Waals surface area contributed by atoms with Crippen LogP contribution in [0.15, 0.2) is 57.7 Å². The molecular formula is C27H30ClNO6. The monoisotopic (exact) mass is 499 g/mol. The van der Waals surface area contributed by atoms with Crippen LogP contribution in [0.3, 0.4) is 0 Å². The molecule has 0 radical (unpaired) electrons. The normalized spacial score (nSPS) is 12.3. The Labute approximate surface area is 209 Å². The Morgan fingerprint density at radius 3 is 2.49 bits per heavy atom. The molecule has 0 saturated carbocycles. The van der Waals surface area contributed by atoms with E-state index in [2.05, 4.69) is 12.2 Å². The summed E-state index contributed by atoms with van der Waals surface area (Å²) in [4.78, 5) is 37.6. The summed E-state index contributed by atoms with van der Waals surface area (Å²) < 4.78 is 16.2. The molecule has 3 rings (SSSR count). The first kappa shape index (κ1) is 26.3. The number of fused-ring (bicyclic) bond motifs is 1. The number of halogens is 1. The number of rotatable bonds is 8. The lowest BCUT2D eigenvalue weighted by Crippen LogP contribution is -2.46. The first-order valence-electron chi connectivity index (χ1n) is 11.6. The largest absolute Gasteiger partial charge is 0.444 e. The highest BCUT2D eigenvalue weighted by atomic mass is 35.5. The van der Waals surface area contributed by atoms with Crippen LogP contribution >= 0.6 is 11.6 Å². The quantitative estimate of drug-likeness (QED) is 0.238. The minimum absolute atomic E-state index is 0.0315. The molecule has 7 nitrogen and oxygen atoms in total. The minimum atomic E-state index is -1.04. The molecule has 0 fully saturated rings. The summed E-state index contributed by atoms with van der Waals surface area (Å²) in [7, 11) is 0. The van der Waals surface area contributed by atoms with Gasteiger partial charge in [0.1, 0.15) is 17.2 Å². The van der Waals surface area contributed by atoms with E-state index in [0.29, 0.717) is 11.8 Å². The smallest absolute Gasteiger partial charge is 0.408 e. The SMILES string of the molecule is CCCCc1cc(=O)oc2cc(OC(=O)[C@H](Cc3ccccc3)NC(=O)OC(C)(C)C)c(Cl)cc12. The van der Waals surface area contributed by atoms with Crippen LogP contribution < -0.4 is 15.7 Å². The van der Waals surface area contributed by atoms with Gasteiger partial charge in [0.15, 0.2) is 5.75 Å². The summed E-state index contributed by atoms with van der Waals surface area (Å²) >= 11 is 6.44. The second-order valence-electron chi connectivity index (χ2n) is 9.28. The Balaban J connectivity index is 1.88. The average molecular weight is 500 g/mol. The van der Waals surface area contributed by atoms with Gasteiger partial charge in [-0.3, -0.25) is 0 Å². The van der Waals surface area contributed by atoms with Gasteiger partial charge < -0.3 is 19.2 Å². The van der Waals surface area contributed by atoms with Crippen molar-refractivity contribution in [2.45, 2.75) is 65.0 Å². The molecule has 3 aromatic rings. The van der Waals surface area contributed by atoms with Crippen molar-refractivity contribution < 1.29 is 23.5 Å². The molecule has 0 unspecified atom stereocenters. The molecule has 8 heteroatoms. The van der Waals surface area contributed by atoms with Gasteiger partial charge in [-0.1, -0.05) is 55.3 Å². The van der Waals surface area contributed by atoms with E-state index < -0.39 is 29.3 Å². The summed E-state index contributed by atoms with van der Waals surface area (Å²) in [5, 5.41) is 3.47.